The molecule has 26 heavy (non-hydrogen) atoms. The van der Waals surface area contributed by atoms with Gasteiger partial charge >= 0.3 is 0 Å². The lowest BCUT2D eigenvalue weighted by Crippen LogP contribution is -1.85. The van der Waals surface area contributed by atoms with Crippen molar-refractivity contribution in [3.63, 3.8) is 0 Å². The molecule has 126 valence electrons. The number of H-pyrrole nitrogens is 1. The summed E-state index contributed by atoms with van der Waals surface area (Å²) in [6.45, 7) is 0. The molecule has 4 rings (SSSR count). The lowest BCUT2D eigenvalue weighted by atomic mass is 10.1. The van der Waals surface area contributed by atoms with Crippen LogP contribution in [-0.2, 0) is 0 Å². The van der Waals surface area contributed by atoms with Crippen molar-refractivity contribution >= 4 is 11.9 Å². The molecule has 0 aliphatic heterocycles. The molecule has 0 radical (unpaired) electrons. The molecule has 0 aliphatic rings. The molecule has 0 aliphatic carbocycles. The van der Waals surface area contributed by atoms with Gasteiger partial charge < -0.3 is 5.11 Å². The Kier molecular flexibility index (Phi) is 4.22. The van der Waals surface area contributed by atoms with Gasteiger partial charge in [-0.1, -0.05) is 30.3 Å². The third-order valence-electron chi connectivity index (χ3n) is 3.82. The van der Waals surface area contributed by atoms with Crippen LogP contribution in [-0.4, -0.2) is 31.5 Å². The third kappa shape index (κ3) is 3.21. The van der Waals surface area contributed by atoms with Crippen molar-refractivity contribution in [1.82, 2.24) is 20.2 Å². The maximum atomic E-state index is 9.88. The Bertz CT molecular complexity index is 1060. The highest BCUT2D eigenvalue weighted by Crippen LogP contribution is 2.28. The summed E-state index contributed by atoms with van der Waals surface area (Å²) in [4.78, 5) is 13.3. The number of nitrogens with zero attached hydrogens (tertiary/aromatic N) is 4. The summed E-state index contributed by atoms with van der Waals surface area (Å²) in [6.07, 6.45) is 3.34. The number of benzene rings is 2. The molecule has 0 saturated heterocycles. The van der Waals surface area contributed by atoms with Crippen LogP contribution in [0.5, 0.6) is 5.75 Å². The van der Waals surface area contributed by atoms with Crippen molar-refractivity contribution in [2.24, 2.45) is 4.99 Å². The summed E-state index contributed by atoms with van der Waals surface area (Å²) in [5.41, 5.74) is 2.87. The predicted molar refractivity (Wildman–Crippen MR) is 100 cm³/mol. The highest BCUT2D eigenvalue weighted by atomic mass is 16.3. The van der Waals surface area contributed by atoms with Gasteiger partial charge in [0.2, 0.25) is 0 Å². The minimum Gasteiger partial charge on any atom is -0.507 e. The van der Waals surface area contributed by atoms with Crippen LogP contribution < -0.4 is 0 Å². The third-order valence-corrected chi connectivity index (χ3v) is 3.82. The fourth-order valence-electron chi connectivity index (χ4n) is 2.51. The Morgan fingerprint density at radius 2 is 1.73 bits per heavy atom. The molecular formula is C20H15N5O. The molecule has 0 spiro atoms. The molecule has 0 amide bonds. The number of aromatic nitrogens is 4. The van der Waals surface area contributed by atoms with Gasteiger partial charge in [-0.3, -0.25) is 15.1 Å². The molecule has 0 fully saturated rings. The number of pyridine rings is 1. The van der Waals surface area contributed by atoms with Gasteiger partial charge in [0.05, 0.1) is 5.69 Å². The fourth-order valence-corrected chi connectivity index (χ4v) is 2.51. The lowest BCUT2D eigenvalue weighted by molar-refractivity contribution is 0.474. The summed E-state index contributed by atoms with van der Waals surface area (Å²) in [6, 6.07) is 20.2. The number of nitrogens with one attached hydrogen (secondary N) is 1. The number of hydrogen-bond donors (Lipinski definition) is 2. The van der Waals surface area contributed by atoms with Crippen molar-refractivity contribution in [3.05, 3.63) is 78.5 Å². The van der Waals surface area contributed by atoms with Gasteiger partial charge in [0.1, 0.15) is 11.4 Å². The van der Waals surface area contributed by atoms with Crippen LogP contribution in [0, 0.1) is 0 Å². The zero-order valence-electron chi connectivity index (χ0n) is 13.7. The van der Waals surface area contributed by atoms with E-state index in [4.69, 9.17) is 0 Å². The second-order valence-electron chi connectivity index (χ2n) is 5.56. The van der Waals surface area contributed by atoms with Gasteiger partial charge in [-0.25, -0.2) is 4.98 Å². The summed E-state index contributed by atoms with van der Waals surface area (Å²) in [5.74, 6) is 1.32. The summed E-state index contributed by atoms with van der Waals surface area (Å²) < 4.78 is 0. The van der Waals surface area contributed by atoms with Gasteiger partial charge in [0, 0.05) is 23.5 Å². The number of aliphatic imine (C=N–C) groups is 1. The van der Waals surface area contributed by atoms with E-state index in [0.29, 0.717) is 22.9 Å². The first-order valence-corrected chi connectivity index (χ1v) is 8.06. The SMILES string of the molecule is Oc1ccccc1C=Nc1ccccc1-c1n[nH]c(-c2ccccn2)n1. The van der Waals surface area contributed by atoms with Crippen molar-refractivity contribution in [1.29, 1.82) is 0 Å². The van der Waals surface area contributed by atoms with Gasteiger partial charge in [0.25, 0.3) is 0 Å². The van der Waals surface area contributed by atoms with E-state index in [-0.39, 0.29) is 5.75 Å². The monoisotopic (exact) mass is 341 g/mol. The predicted octanol–water partition coefficient (Wildman–Crippen LogP) is 3.99. The molecule has 4 aromatic rings. The van der Waals surface area contributed by atoms with Crippen LogP contribution in [0.1, 0.15) is 5.56 Å². The molecule has 0 saturated carbocycles. The number of phenols is 1. The Hall–Kier alpha value is -3.80. The van der Waals surface area contributed by atoms with E-state index in [1.807, 2.05) is 48.5 Å². The second kappa shape index (κ2) is 6.98. The van der Waals surface area contributed by atoms with Crippen LogP contribution in [0.3, 0.4) is 0 Å². The van der Waals surface area contributed by atoms with Gasteiger partial charge in [0.15, 0.2) is 11.6 Å². The molecule has 2 N–H and O–H groups in total. The molecule has 6 nitrogen and oxygen atoms in total. The Morgan fingerprint density at radius 3 is 2.58 bits per heavy atom. The average Bonchev–Trinajstić information content (AvgIpc) is 3.18. The molecule has 2 aromatic heterocycles. The molecule has 0 unspecified atom stereocenters. The van der Waals surface area contributed by atoms with E-state index in [9.17, 15) is 5.11 Å². The van der Waals surface area contributed by atoms with Crippen molar-refractivity contribution in [3.8, 4) is 28.7 Å². The second-order valence-corrected chi connectivity index (χ2v) is 5.56. The lowest BCUT2D eigenvalue weighted by Gasteiger charge is -2.02. The van der Waals surface area contributed by atoms with Gasteiger partial charge in [-0.15, -0.1) is 0 Å². The number of aromatic amines is 1. The topological polar surface area (TPSA) is 87.0 Å². The number of rotatable bonds is 4. The van der Waals surface area contributed by atoms with Crippen molar-refractivity contribution in [2.75, 3.05) is 0 Å². The van der Waals surface area contributed by atoms with E-state index in [1.165, 1.54) is 0 Å². The quantitative estimate of drug-likeness (QED) is 0.549. The summed E-state index contributed by atoms with van der Waals surface area (Å²) in [7, 11) is 0. The number of para-hydroxylation sites is 2. The molecular weight excluding hydrogens is 326 g/mol. The molecule has 2 heterocycles. The molecule has 0 bridgehead atoms. The fraction of sp³-hybridized carbons (Fsp3) is 0. The van der Waals surface area contributed by atoms with Crippen molar-refractivity contribution in [2.45, 2.75) is 0 Å². The van der Waals surface area contributed by atoms with Crippen molar-refractivity contribution < 1.29 is 5.11 Å². The Morgan fingerprint density at radius 1 is 0.923 bits per heavy atom. The minimum atomic E-state index is 0.184. The molecule has 0 atom stereocenters. The number of hydrogen-bond acceptors (Lipinski definition) is 5. The molecule has 6 heteroatoms. The highest BCUT2D eigenvalue weighted by Gasteiger charge is 2.11. The normalized spacial score (nSPS) is 11.1. The van der Waals surface area contributed by atoms with Crippen LogP contribution in [0.15, 0.2) is 77.9 Å². The van der Waals surface area contributed by atoms with Gasteiger partial charge in [-0.2, -0.15) is 5.10 Å². The molecule has 2 aromatic carbocycles. The Balaban J connectivity index is 1.69. The van der Waals surface area contributed by atoms with E-state index >= 15 is 0 Å². The van der Waals surface area contributed by atoms with E-state index in [0.717, 1.165) is 11.3 Å². The van der Waals surface area contributed by atoms with Gasteiger partial charge in [-0.05, 0) is 36.4 Å². The maximum Gasteiger partial charge on any atom is 0.183 e. The number of aromatic hydroxyl groups is 1. The number of phenolic OH excluding ortho intramolecular Hbond substituents is 1. The van der Waals surface area contributed by atoms with Crippen LogP contribution >= 0.6 is 0 Å². The van der Waals surface area contributed by atoms with Crippen LogP contribution in [0.2, 0.25) is 0 Å². The zero-order chi connectivity index (χ0) is 17.8. The van der Waals surface area contributed by atoms with E-state index in [2.05, 4.69) is 25.2 Å². The first-order chi connectivity index (χ1) is 12.8. The zero-order valence-corrected chi connectivity index (χ0v) is 13.7. The first-order valence-electron chi connectivity index (χ1n) is 8.06. The first kappa shape index (κ1) is 15.7. The largest absolute Gasteiger partial charge is 0.507 e. The smallest absolute Gasteiger partial charge is 0.183 e. The summed E-state index contributed by atoms with van der Waals surface area (Å²) >= 11 is 0. The van der Waals surface area contributed by atoms with Crippen LogP contribution in [0.25, 0.3) is 22.9 Å². The van der Waals surface area contributed by atoms with Crippen LogP contribution in [0.4, 0.5) is 5.69 Å². The minimum absolute atomic E-state index is 0.184. The maximum absolute atomic E-state index is 9.88. The average molecular weight is 341 g/mol. The standard InChI is InChI=1S/C20H15N5O/c26-18-11-4-1-7-14(18)13-22-16-9-3-2-8-15(16)19-23-20(25-24-19)17-10-5-6-12-21-17/h1-13,26H,(H,23,24,25). The highest BCUT2D eigenvalue weighted by molar-refractivity contribution is 5.87. The van der Waals surface area contributed by atoms with E-state index in [1.54, 1.807) is 30.6 Å². The summed E-state index contributed by atoms with van der Waals surface area (Å²) in [5, 5.41) is 17.1. The van der Waals surface area contributed by atoms with E-state index < -0.39 is 0 Å². The Labute approximate surface area is 149 Å².